The van der Waals surface area contributed by atoms with Crippen molar-refractivity contribution in [2.75, 3.05) is 19.8 Å². The summed E-state index contributed by atoms with van der Waals surface area (Å²) in [5.41, 5.74) is 2.71. The maximum atomic E-state index is 9.12. The van der Waals surface area contributed by atoms with Crippen LogP contribution in [-0.2, 0) is 0 Å². The fourth-order valence-electron chi connectivity index (χ4n) is 3.01. The fourth-order valence-corrected chi connectivity index (χ4v) is 3.01. The smallest absolute Gasteiger partial charge is 0.161 e. The summed E-state index contributed by atoms with van der Waals surface area (Å²) < 4.78 is 11.2. The van der Waals surface area contributed by atoms with E-state index in [1.54, 1.807) is 0 Å². The van der Waals surface area contributed by atoms with Crippen LogP contribution in [-0.4, -0.2) is 24.9 Å². The van der Waals surface area contributed by atoms with Gasteiger partial charge in [0.05, 0.1) is 0 Å². The van der Waals surface area contributed by atoms with Crippen molar-refractivity contribution in [3.63, 3.8) is 0 Å². The molecular formula is C14H18O3. The van der Waals surface area contributed by atoms with E-state index in [0.29, 0.717) is 25.0 Å². The van der Waals surface area contributed by atoms with Crippen molar-refractivity contribution in [2.24, 2.45) is 0 Å². The van der Waals surface area contributed by atoms with Gasteiger partial charge in [-0.25, -0.2) is 0 Å². The number of aliphatic hydroxyl groups excluding tert-OH is 1. The van der Waals surface area contributed by atoms with Gasteiger partial charge in [-0.15, -0.1) is 0 Å². The van der Waals surface area contributed by atoms with Crippen molar-refractivity contribution < 1.29 is 14.6 Å². The summed E-state index contributed by atoms with van der Waals surface area (Å²) in [6.45, 7) is 3.77. The summed E-state index contributed by atoms with van der Waals surface area (Å²) in [5.74, 6) is 2.77. The third kappa shape index (κ3) is 1.78. The molecule has 0 amide bonds. The minimum atomic E-state index is 0.255. The van der Waals surface area contributed by atoms with Crippen LogP contribution < -0.4 is 9.47 Å². The normalized spacial score (nSPS) is 25.8. The van der Waals surface area contributed by atoms with Crippen LogP contribution in [0.3, 0.4) is 0 Å². The Hall–Kier alpha value is -1.22. The number of rotatable bonds is 2. The molecule has 2 aliphatic rings. The van der Waals surface area contributed by atoms with Gasteiger partial charge in [0.25, 0.3) is 0 Å². The van der Waals surface area contributed by atoms with Gasteiger partial charge in [-0.05, 0) is 47.9 Å². The average molecular weight is 234 g/mol. The topological polar surface area (TPSA) is 38.7 Å². The summed E-state index contributed by atoms with van der Waals surface area (Å²) >= 11 is 0. The van der Waals surface area contributed by atoms with Crippen molar-refractivity contribution in [2.45, 2.75) is 31.6 Å². The minimum absolute atomic E-state index is 0.255. The van der Waals surface area contributed by atoms with Crippen molar-refractivity contribution >= 4 is 0 Å². The molecule has 0 bridgehead atoms. The molecule has 0 spiro atoms. The number of aliphatic hydroxyl groups is 1. The van der Waals surface area contributed by atoms with Gasteiger partial charge in [-0.2, -0.15) is 0 Å². The molecule has 92 valence electrons. The van der Waals surface area contributed by atoms with Gasteiger partial charge < -0.3 is 14.6 Å². The first kappa shape index (κ1) is 10.9. The Morgan fingerprint density at radius 3 is 2.47 bits per heavy atom. The van der Waals surface area contributed by atoms with E-state index in [0.717, 1.165) is 24.3 Å². The monoisotopic (exact) mass is 234 g/mol. The molecule has 0 aromatic heterocycles. The second-order valence-corrected chi connectivity index (χ2v) is 4.97. The summed E-state index contributed by atoms with van der Waals surface area (Å²) in [6, 6.07) is 4.25. The minimum Gasteiger partial charge on any atom is -0.486 e. The highest BCUT2D eigenvalue weighted by molar-refractivity contribution is 5.52. The third-order valence-electron chi connectivity index (χ3n) is 3.83. The second kappa shape index (κ2) is 4.22. The van der Waals surface area contributed by atoms with E-state index in [1.165, 1.54) is 11.1 Å². The predicted molar refractivity (Wildman–Crippen MR) is 64.9 cm³/mol. The van der Waals surface area contributed by atoms with E-state index < -0.39 is 0 Å². The lowest BCUT2D eigenvalue weighted by Crippen LogP contribution is -2.15. The molecule has 1 aliphatic heterocycles. The van der Waals surface area contributed by atoms with Crippen molar-refractivity contribution in [3.05, 3.63) is 23.3 Å². The molecule has 17 heavy (non-hydrogen) atoms. The number of benzene rings is 1. The maximum Gasteiger partial charge on any atom is 0.161 e. The molecule has 0 saturated carbocycles. The highest BCUT2D eigenvalue weighted by Crippen LogP contribution is 2.47. The summed E-state index contributed by atoms with van der Waals surface area (Å²) in [7, 11) is 0. The molecule has 3 nitrogen and oxygen atoms in total. The van der Waals surface area contributed by atoms with E-state index in [1.807, 2.05) is 0 Å². The summed E-state index contributed by atoms with van der Waals surface area (Å²) in [5, 5.41) is 9.12. The molecular weight excluding hydrogens is 216 g/mol. The predicted octanol–water partition coefficient (Wildman–Crippen LogP) is 2.43. The molecule has 1 heterocycles. The van der Waals surface area contributed by atoms with Crippen LogP contribution in [0.5, 0.6) is 11.5 Å². The lowest BCUT2D eigenvalue weighted by molar-refractivity contribution is 0.171. The third-order valence-corrected chi connectivity index (χ3v) is 3.83. The Labute approximate surface area is 101 Å². The molecule has 3 rings (SSSR count). The molecule has 2 unspecified atom stereocenters. The first-order chi connectivity index (χ1) is 8.29. The lowest BCUT2D eigenvalue weighted by atomic mass is 9.98. The van der Waals surface area contributed by atoms with Gasteiger partial charge in [0, 0.05) is 6.61 Å². The van der Waals surface area contributed by atoms with E-state index in [9.17, 15) is 0 Å². The molecule has 2 atom stereocenters. The van der Waals surface area contributed by atoms with Crippen LogP contribution in [0, 0.1) is 0 Å². The Morgan fingerprint density at radius 1 is 1.18 bits per heavy atom. The molecule has 0 saturated heterocycles. The van der Waals surface area contributed by atoms with Crippen LogP contribution in [0.25, 0.3) is 0 Å². The van der Waals surface area contributed by atoms with Crippen molar-refractivity contribution in [3.8, 4) is 11.5 Å². The highest BCUT2D eigenvalue weighted by atomic mass is 16.6. The maximum absolute atomic E-state index is 9.12. The zero-order valence-electron chi connectivity index (χ0n) is 10.1. The van der Waals surface area contributed by atoms with Gasteiger partial charge in [0.15, 0.2) is 11.5 Å². The zero-order chi connectivity index (χ0) is 11.8. The molecule has 0 radical (unpaired) electrons. The molecule has 1 aliphatic carbocycles. The Balaban J connectivity index is 2.01. The Morgan fingerprint density at radius 2 is 1.82 bits per heavy atom. The van der Waals surface area contributed by atoms with E-state index in [4.69, 9.17) is 14.6 Å². The van der Waals surface area contributed by atoms with E-state index >= 15 is 0 Å². The van der Waals surface area contributed by atoms with Gasteiger partial charge in [0.2, 0.25) is 0 Å². The molecule has 1 aromatic carbocycles. The lowest BCUT2D eigenvalue weighted by Gasteiger charge is -2.20. The Bertz CT molecular complexity index is 428. The Kier molecular flexibility index (Phi) is 2.71. The largest absolute Gasteiger partial charge is 0.486 e. The van der Waals surface area contributed by atoms with Crippen LogP contribution in [0.2, 0.25) is 0 Å². The van der Waals surface area contributed by atoms with Crippen LogP contribution in [0.15, 0.2) is 12.1 Å². The summed E-state index contributed by atoms with van der Waals surface area (Å²) in [6.07, 6.45) is 1.97. The highest BCUT2D eigenvalue weighted by Gasteiger charge is 2.30. The number of hydrogen-bond acceptors (Lipinski definition) is 3. The number of ether oxygens (including phenoxy) is 2. The van der Waals surface area contributed by atoms with Crippen LogP contribution in [0.1, 0.15) is 42.7 Å². The molecule has 3 heteroatoms. The van der Waals surface area contributed by atoms with E-state index in [2.05, 4.69) is 19.1 Å². The number of hydrogen-bond donors (Lipinski definition) is 1. The molecule has 0 fully saturated rings. The number of fused-ring (bicyclic) bond motifs is 2. The summed E-state index contributed by atoms with van der Waals surface area (Å²) in [4.78, 5) is 0. The van der Waals surface area contributed by atoms with Crippen molar-refractivity contribution in [1.82, 2.24) is 0 Å². The van der Waals surface area contributed by atoms with Crippen LogP contribution in [0.4, 0.5) is 0 Å². The van der Waals surface area contributed by atoms with E-state index in [-0.39, 0.29) is 6.61 Å². The quantitative estimate of drug-likeness (QED) is 0.854. The van der Waals surface area contributed by atoms with Gasteiger partial charge >= 0.3 is 0 Å². The standard InChI is InChI=1S/C14H18O3/c1-9-6-10(2-3-15)12-8-14-13(7-11(9)12)16-4-5-17-14/h7-10,15H,2-6H2,1H3. The second-order valence-electron chi connectivity index (χ2n) is 4.97. The fraction of sp³-hybridized carbons (Fsp3) is 0.571. The SMILES string of the molecule is CC1CC(CCO)c2cc3c(cc21)OCCO3. The average Bonchev–Trinajstić information content (AvgIpc) is 2.64. The van der Waals surface area contributed by atoms with Crippen molar-refractivity contribution in [1.29, 1.82) is 0 Å². The first-order valence-electron chi connectivity index (χ1n) is 6.34. The molecule has 1 N–H and O–H groups in total. The van der Waals surface area contributed by atoms with Crippen LogP contribution >= 0.6 is 0 Å². The first-order valence-corrected chi connectivity index (χ1v) is 6.34. The van der Waals surface area contributed by atoms with Gasteiger partial charge in [0.1, 0.15) is 13.2 Å². The van der Waals surface area contributed by atoms with Gasteiger partial charge in [-0.1, -0.05) is 6.92 Å². The zero-order valence-corrected chi connectivity index (χ0v) is 10.1. The molecule has 1 aromatic rings. The van der Waals surface area contributed by atoms with Gasteiger partial charge in [-0.3, -0.25) is 0 Å².